The molecule has 0 atom stereocenters. The summed E-state index contributed by atoms with van der Waals surface area (Å²) in [7, 11) is 0. The predicted octanol–water partition coefficient (Wildman–Crippen LogP) is 4.15. The molecule has 0 bridgehead atoms. The Balaban J connectivity index is 1.44. The monoisotopic (exact) mass is 333 g/mol. The Hall–Kier alpha value is -2.62. The number of nitrogens with zero attached hydrogens (tertiary/aromatic N) is 2. The zero-order chi connectivity index (χ0) is 17.2. The van der Waals surface area contributed by atoms with E-state index in [4.69, 9.17) is 0 Å². The normalized spacial score (nSPS) is 15.6. The minimum absolute atomic E-state index is 0.154. The molecule has 3 aromatic rings. The first-order valence-electron chi connectivity index (χ1n) is 9.06. The molecule has 0 aliphatic carbocycles. The van der Waals surface area contributed by atoms with Crippen molar-refractivity contribution >= 4 is 16.9 Å². The highest BCUT2D eigenvalue weighted by Crippen LogP contribution is 2.32. The molecule has 1 fully saturated rings. The fraction of sp³-hybridized carbons (Fsp3) is 0.333. The van der Waals surface area contributed by atoms with Crippen LogP contribution in [-0.4, -0.2) is 33.9 Å². The number of benzene rings is 1. The average Bonchev–Trinajstić information content (AvgIpc) is 3.12. The Morgan fingerprint density at radius 3 is 2.68 bits per heavy atom. The average molecular weight is 333 g/mol. The van der Waals surface area contributed by atoms with Crippen LogP contribution in [0.3, 0.4) is 0 Å². The van der Waals surface area contributed by atoms with Crippen molar-refractivity contribution in [2.45, 2.75) is 32.1 Å². The number of aromatic amines is 1. The fourth-order valence-corrected chi connectivity index (χ4v) is 3.77. The van der Waals surface area contributed by atoms with Crippen LogP contribution in [0.25, 0.3) is 11.0 Å². The van der Waals surface area contributed by atoms with E-state index in [-0.39, 0.29) is 5.91 Å². The van der Waals surface area contributed by atoms with Crippen molar-refractivity contribution in [3.63, 3.8) is 0 Å². The van der Waals surface area contributed by atoms with Crippen LogP contribution in [0.2, 0.25) is 0 Å². The molecule has 4 nitrogen and oxygen atoms in total. The number of hydrogen-bond acceptors (Lipinski definition) is 2. The zero-order valence-electron chi connectivity index (χ0n) is 14.5. The SMILES string of the molecule is CCc1ccc(C(=O)N2CCC(c3c[nH]c4ncccc34)CC2)cc1. The van der Waals surface area contributed by atoms with Crippen LogP contribution in [0.1, 0.15) is 47.2 Å². The molecule has 25 heavy (non-hydrogen) atoms. The summed E-state index contributed by atoms with van der Waals surface area (Å²) in [5, 5.41) is 1.21. The maximum Gasteiger partial charge on any atom is 0.253 e. The van der Waals surface area contributed by atoms with Gasteiger partial charge in [0.2, 0.25) is 0 Å². The van der Waals surface area contributed by atoms with Gasteiger partial charge in [-0.3, -0.25) is 4.79 Å². The van der Waals surface area contributed by atoms with Crippen molar-refractivity contribution in [2.75, 3.05) is 13.1 Å². The largest absolute Gasteiger partial charge is 0.346 e. The van der Waals surface area contributed by atoms with Crippen molar-refractivity contribution in [1.29, 1.82) is 0 Å². The summed E-state index contributed by atoms with van der Waals surface area (Å²) in [6.07, 6.45) is 6.90. The van der Waals surface area contributed by atoms with Crippen LogP contribution >= 0.6 is 0 Å². The summed E-state index contributed by atoms with van der Waals surface area (Å²) in [6, 6.07) is 12.1. The van der Waals surface area contributed by atoms with Crippen molar-refractivity contribution in [3.05, 3.63) is 65.5 Å². The Bertz CT molecular complexity index is 874. The number of pyridine rings is 1. The summed E-state index contributed by atoms with van der Waals surface area (Å²) in [6.45, 7) is 3.75. The molecule has 4 rings (SSSR count). The van der Waals surface area contributed by atoms with Gasteiger partial charge in [0.05, 0.1) is 0 Å². The first-order chi connectivity index (χ1) is 12.3. The number of piperidine rings is 1. The molecular formula is C21H23N3O. The number of nitrogens with one attached hydrogen (secondary N) is 1. The second-order valence-corrected chi connectivity index (χ2v) is 6.76. The molecule has 0 unspecified atom stereocenters. The molecule has 4 heteroatoms. The molecule has 1 aliphatic heterocycles. The highest BCUT2D eigenvalue weighted by atomic mass is 16.2. The highest BCUT2D eigenvalue weighted by molar-refractivity contribution is 5.94. The second-order valence-electron chi connectivity index (χ2n) is 6.76. The van der Waals surface area contributed by atoms with Gasteiger partial charge in [-0.05, 0) is 60.6 Å². The summed E-state index contributed by atoms with van der Waals surface area (Å²) in [4.78, 5) is 22.3. The van der Waals surface area contributed by atoms with Gasteiger partial charge in [0.15, 0.2) is 0 Å². The molecule has 1 saturated heterocycles. The third kappa shape index (κ3) is 3.04. The molecule has 3 heterocycles. The number of aromatic nitrogens is 2. The lowest BCUT2D eigenvalue weighted by Gasteiger charge is -2.32. The van der Waals surface area contributed by atoms with Crippen molar-refractivity contribution in [2.24, 2.45) is 0 Å². The minimum Gasteiger partial charge on any atom is -0.346 e. The second kappa shape index (κ2) is 6.71. The van der Waals surface area contributed by atoms with E-state index in [0.29, 0.717) is 5.92 Å². The van der Waals surface area contributed by atoms with E-state index < -0.39 is 0 Å². The summed E-state index contributed by atoms with van der Waals surface area (Å²) in [5.74, 6) is 0.645. The molecular weight excluding hydrogens is 310 g/mol. The quantitative estimate of drug-likeness (QED) is 0.783. The topological polar surface area (TPSA) is 49.0 Å². The van der Waals surface area contributed by atoms with Crippen LogP contribution in [0, 0.1) is 0 Å². The zero-order valence-corrected chi connectivity index (χ0v) is 14.5. The van der Waals surface area contributed by atoms with Gasteiger partial charge in [-0.2, -0.15) is 0 Å². The van der Waals surface area contributed by atoms with Gasteiger partial charge in [-0.25, -0.2) is 4.98 Å². The Kier molecular flexibility index (Phi) is 4.26. The lowest BCUT2D eigenvalue weighted by molar-refractivity contribution is 0.0713. The highest BCUT2D eigenvalue weighted by Gasteiger charge is 2.26. The van der Waals surface area contributed by atoms with Crippen molar-refractivity contribution in [1.82, 2.24) is 14.9 Å². The number of likely N-dealkylation sites (tertiary alicyclic amines) is 1. The van der Waals surface area contributed by atoms with Gasteiger partial charge in [-0.15, -0.1) is 0 Å². The number of amides is 1. The van der Waals surface area contributed by atoms with Gasteiger partial charge in [0.25, 0.3) is 5.91 Å². The molecule has 1 amide bonds. The smallest absolute Gasteiger partial charge is 0.253 e. The molecule has 0 spiro atoms. The van der Waals surface area contributed by atoms with E-state index >= 15 is 0 Å². The first kappa shape index (κ1) is 15.9. The van der Waals surface area contributed by atoms with Gasteiger partial charge < -0.3 is 9.88 Å². The third-order valence-electron chi connectivity index (χ3n) is 5.31. The Morgan fingerprint density at radius 2 is 1.96 bits per heavy atom. The Morgan fingerprint density at radius 1 is 1.20 bits per heavy atom. The Labute approximate surface area is 147 Å². The number of aryl methyl sites for hydroxylation is 1. The fourth-order valence-electron chi connectivity index (χ4n) is 3.77. The number of carbonyl (C=O) groups is 1. The maximum atomic E-state index is 12.7. The van der Waals surface area contributed by atoms with E-state index in [1.54, 1.807) is 0 Å². The van der Waals surface area contributed by atoms with Crippen molar-refractivity contribution < 1.29 is 4.79 Å². The number of H-pyrrole nitrogens is 1. The van der Waals surface area contributed by atoms with Crippen LogP contribution in [-0.2, 0) is 6.42 Å². The molecule has 0 saturated carbocycles. The van der Waals surface area contributed by atoms with Gasteiger partial charge in [-0.1, -0.05) is 19.1 Å². The molecule has 1 aliphatic rings. The summed E-state index contributed by atoms with van der Waals surface area (Å²) < 4.78 is 0. The van der Waals surface area contributed by atoms with Crippen LogP contribution in [0.15, 0.2) is 48.8 Å². The molecule has 128 valence electrons. The number of carbonyl (C=O) groups excluding carboxylic acids is 1. The standard InChI is InChI=1S/C21H23N3O/c1-2-15-5-7-17(8-6-15)21(25)24-12-9-16(10-13-24)19-14-23-20-18(19)4-3-11-22-20/h3-8,11,14,16H,2,9-10,12-13H2,1H3,(H,22,23). The van der Waals surface area contributed by atoms with E-state index in [0.717, 1.165) is 43.6 Å². The van der Waals surface area contributed by atoms with Crippen LogP contribution in [0.4, 0.5) is 0 Å². The minimum atomic E-state index is 0.154. The summed E-state index contributed by atoms with van der Waals surface area (Å²) >= 11 is 0. The van der Waals surface area contributed by atoms with Crippen LogP contribution in [0.5, 0.6) is 0 Å². The van der Waals surface area contributed by atoms with E-state index in [2.05, 4.69) is 41.3 Å². The predicted molar refractivity (Wildman–Crippen MR) is 99.8 cm³/mol. The molecule has 1 aromatic carbocycles. The number of rotatable bonds is 3. The lowest BCUT2D eigenvalue weighted by atomic mass is 9.89. The summed E-state index contributed by atoms with van der Waals surface area (Å²) in [5.41, 5.74) is 4.35. The first-order valence-corrected chi connectivity index (χ1v) is 9.06. The number of hydrogen-bond donors (Lipinski definition) is 1. The van der Waals surface area contributed by atoms with Crippen LogP contribution < -0.4 is 0 Å². The van der Waals surface area contributed by atoms with E-state index in [1.165, 1.54) is 16.5 Å². The number of fused-ring (bicyclic) bond motifs is 1. The third-order valence-corrected chi connectivity index (χ3v) is 5.31. The molecule has 0 radical (unpaired) electrons. The maximum absolute atomic E-state index is 12.7. The van der Waals surface area contributed by atoms with Gasteiger partial charge in [0.1, 0.15) is 5.65 Å². The molecule has 1 N–H and O–H groups in total. The van der Waals surface area contributed by atoms with E-state index in [9.17, 15) is 4.79 Å². The van der Waals surface area contributed by atoms with E-state index in [1.807, 2.05) is 29.3 Å². The van der Waals surface area contributed by atoms with Crippen molar-refractivity contribution in [3.8, 4) is 0 Å². The lowest BCUT2D eigenvalue weighted by Crippen LogP contribution is -2.37. The van der Waals surface area contributed by atoms with Gasteiger partial charge in [0, 0.05) is 36.4 Å². The van der Waals surface area contributed by atoms with Gasteiger partial charge >= 0.3 is 0 Å². The molecule has 2 aromatic heterocycles.